The van der Waals surface area contributed by atoms with E-state index in [1.807, 2.05) is 25.1 Å². The first-order valence-electron chi connectivity index (χ1n) is 6.52. The monoisotopic (exact) mass is 274 g/mol. The summed E-state index contributed by atoms with van der Waals surface area (Å²) >= 11 is 0. The van der Waals surface area contributed by atoms with Crippen LogP contribution in [0.3, 0.4) is 0 Å². The maximum Gasteiger partial charge on any atom is 0.246 e. The molecular weight excluding hydrogens is 256 g/mol. The van der Waals surface area contributed by atoms with E-state index in [0.717, 1.165) is 23.2 Å². The van der Waals surface area contributed by atoms with Gasteiger partial charge in [0.1, 0.15) is 12.2 Å². The summed E-state index contributed by atoms with van der Waals surface area (Å²) in [6, 6.07) is 5.95. The van der Waals surface area contributed by atoms with E-state index in [1.54, 1.807) is 6.20 Å². The Balaban J connectivity index is 2.08. The van der Waals surface area contributed by atoms with Gasteiger partial charge < -0.3 is 10.4 Å². The molecule has 0 radical (unpaired) electrons. The molecule has 6 heteroatoms. The van der Waals surface area contributed by atoms with Crippen molar-refractivity contribution in [2.45, 2.75) is 33.4 Å². The largest absolute Gasteiger partial charge is 0.390 e. The smallest absolute Gasteiger partial charge is 0.246 e. The van der Waals surface area contributed by atoms with Crippen LogP contribution in [-0.2, 0) is 24.4 Å². The van der Waals surface area contributed by atoms with Crippen LogP contribution in [0, 0.1) is 6.92 Å². The maximum absolute atomic E-state index is 12.0. The third-order valence-electron chi connectivity index (χ3n) is 3.06. The SMILES string of the molecule is CCc1cccc(C)c1NC(=O)Cn1cc(CO)nn1. The van der Waals surface area contributed by atoms with E-state index in [9.17, 15) is 4.79 Å². The molecule has 1 aromatic heterocycles. The number of aliphatic hydroxyl groups is 1. The predicted octanol–water partition coefficient (Wildman–Crippen LogP) is 1.28. The molecule has 2 rings (SSSR count). The van der Waals surface area contributed by atoms with Crippen LogP contribution in [0.15, 0.2) is 24.4 Å². The number of nitrogens with zero attached hydrogens (tertiary/aromatic N) is 3. The van der Waals surface area contributed by atoms with Gasteiger partial charge in [-0.05, 0) is 24.5 Å². The average molecular weight is 274 g/mol. The van der Waals surface area contributed by atoms with Crippen molar-refractivity contribution in [3.05, 3.63) is 41.2 Å². The van der Waals surface area contributed by atoms with Crippen molar-refractivity contribution in [1.29, 1.82) is 0 Å². The van der Waals surface area contributed by atoms with Crippen molar-refractivity contribution in [2.75, 3.05) is 5.32 Å². The number of benzene rings is 1. The first-order chi connectivity index (χ1) is 9.63. The lowest BCUT2D eigenvalue weighted by Crippen LogP contribution is -2.20. The van der Waals surface area contributed by atoms with E-state index in [0.29, 0.717) is 5.69 Å². The summed E-state index contributed by atoms with van der Waals surface area (Å²) in [4.78, 5) is 12.0. The fourth-order valence-electron chi connectivity index (χ4n) is 2.02. The van der Waals surface area contributed by atoms with Gasteiger partial charge in [-0.1, -0.05) is 30.3 Å². The molecule has 0 spiro atoms. The summed E-state index contributed by atoms with van der Waals surface area (Å²) in [6.45, 7) is 3.91. The lowest BCUT2D eigenvalue weighted by molar-refractivity contribution is -0.116. The van der Waals surface area contributed by atoms with E-state index in [-0.39, 0.29) is 19.1 Å². The van der Waals surface area contributed by atoms with E-state index < -0.39 is 0 Å². The van der Waals surface area contributed by atoms with Gasteiger partial charge in [0.2, 0.25) is 5.91 Å². The molecule has 0 aliphatic rings. The van der Waals surface area contributed by atoms with Crippen LogP contribution in [0.4, 0.5) is 5.69 Å². The Morgan fingerprint density at radius 3 is 2.90 bits per heavy atom. The minimum absolute atomic E-state index is 0.0739. The van der Waals surface area contributed by atoms with E-state index >= 15 is 0 Å². The summed E-state index contributed by atoms with van der Waals surface area (Å²) in [5, 5.41) is 19.3. The van der Waals surface area contributed by atoms with Gasteiger partial charge in [-0.3, -0.25) is 4.79 Å². The van der Waals surface area contributed by atoms with Gasteiger partial charge in [0.25, 0.3) is 0 Å². The van der Waals surface area contributed by atoms with Crippen LogP contribution in [0.25, 0.3) is 0 Å². The first-order valence-corrected chi connectivity index (χ1v) is 6.52. The highest BCUT2D eigenvalue weighted by molar-refractivity contribution is 5.92. The van der Waals surface area contributed by atoms with Crippen molar-refractivity contribution < 1.29 is 9.90 Å². The zero-order valence-corrected chi connectivity index (χ0v) is 11.6. The Kier molecular flexibility index (Phi) is 4.47. The van der Waals surface area contributed by atoms with E-state index in [1.165, 1.54) is 4.68 Å². The van der Waals surface area contributed by atoms with Gasteiger partial charge >= 0.3 is 0 Å². The molecule has 0 atom stereocenters. The number of nitrogens with one attached hydrogen (secondary N) is 1. The molecule has 0 unspecified atom stereocenters. The number of carbonyl (C=O) groups excluding carboxylic acids is 1. The minimum Gasteiger partial charge on any atom is -0.390 e. The normalized spacial score (nSPS) is 10.6. The van der Waals surface area contributed by atoms with Crippen molar-refractivity contribution in [3.8, 4) is 0 Å². The number of aryl methyl sites for hydroxylation is 2. The molecule has 2 N–H and O–H groups in total. The molecular formula is C14H18N4O2. The minimum atomic E-state index is -0.181. The molecule has 0 aliphatic heterocycles. The fraction of sp³-hybridized carbons (Fsp3) is 0.357. The van der Waals surface area contributed by atoms with Crippen LogP contribution in [0.5, 0.6) is 0 Å². The van der Waals surface area contributed by atoms with Crippen molar-refractivity contribution in [3.63, 3.8) is 0 Å². The molecule has 0 fully saturated rings. The summed E-state index contributed by atoms with van der Waals surface area (Å²) in [7, 11) is 0. The number of anilines is 1. The van der Waals surface area contributed by atoms with Crippen molar-refractivity contribution in [1.82, 2.24) is 15.0 Å². The molecule has 2 aromatic rings. The lowest BCUT2D eigenvalue weighted by atomic mass is 10.1. The van der Waals surface area contributed by atoms with Crippen LogP contribution in [0.2, 0.25) is 0 Å². The molecule has 106 valence electrons. The van der Waals surface area contributed by atoms with Crippen LogP contribution in [-0.4, -0.2) is 26.0 Å². The first kappa shape index (κ1) is 14.2. The number of aliphatic hydroxyl groups excluding tert-OH is 1. The highest BCUT2D eigenvalue weighted by Crippen LogP contribution is 2.20. The van der Waals surface area contributed by atoms with Gasteiger partial charge in [-0.2, -0.15) is 0 Å². The molecule has 0 saturated heterocycles. The summed E-state index contributed by atoms with van der Waals surface area (Å²) in [5.74, 6) is -0.164. The highest BCUT2D eigenvalue weighted by atomic mass is 16.3. The number of hydrogen-bond donors (Lipinski definition) is 2. The van der Waals surface area contributed by atoms with Crippen molar-refractivity contribution in [2.24, 2.45) is 0 Å². The van der Waals surface area contributed by atoms with Crippen LogP contribution < -0.4 is 5.32 Å². The van der Waals surface area contributed by atoms with Crippen LogP contribution >= 0.6 is 0 Å². The molecule has 0 saturated carbocycles. The van der Waals surface area contributed by atoms with Gasteiger partial charge in [0.15, 0.2) is 0 Å². The summed E-state index contributed by atoms with van der Waals surface area (Å²) in [6.07, 6.45) is 2.41. The Bertz CT molecular complexity index is 607. The zero-order valence-electron chi connectivity index (χ0n) is 11.6. The molecule has 20 heavy (non-hydrogen) atoms. The number of carbonyl (C=O) groups is 1. The molecule has 0 bridgehead atoms. The average Bonchev–Trinajstić information content (AvgIpc) is 2.88. The fourth-order valence-corrected chi connectivity index (χ4v) is 2.02. The number of amides is 1. The molecule has 1 aromatic carbocycles. The number of aromatic nitrogens is 3. The standard InChI is InChI=1S/C14H18N4O2/c1-3-11-6-4-5-10(2)14(11)15-13(20)8-18-7-12(9-19)16-17-18/h4-7,19H,3,8-9H2,1-2H3,(H,15,20). The third kappa shape index (κ3) is 3.21. The van der Waals surface area contributed by atoms with E-state index in [2.05, 4.69) is 22.6 Å². The second-order valence-electron chi connectivity index (χ2n) is 4.58. The second kappa shape index (κ2) is 6.29. The lowest BCUT2D eigenvalue weighted by Gasteiger charge is -2.12. The van der Waals surface area contributed by atoms with Gasteiger partial charge in [-0.25, -0.2) is 4.68 Å². The summed E-state index contributed by atoms with van der Waals surface area (Å²) in [5.41, 5.74) is 3.45. The van der Waals surface area contributed by atoms with Crippen molar-refractivity contribution >= 4 is 11.6 Å². The predicted molar refractivity (Wildman–Crippen MR) is 75.1 cm³/mol. The molecule has 0 aliphatic carbocycles. The Hall–Kier alpha value is -2.21. The Morgan fingerprint density at radius 2 is 2.25 bits per heavy atom. The number of rotatable bonds is 5. The second-order valence-corrected chi connectivity index (χ2v) is 4.58. The Labute approximate surface area is 117 Å². The zero-order chi connectivity index (χ0) is 14.5. The van der Waals surface area contributed by atoms with E-state index in [4.69, 9.17) is 5.11 Å². The molecule has 6 nitrogen and oxygen atoms in total. The van der Waals surface area contributed by atoms with Gasteiger partial charge in [-0.15, -0.1) is 5.10 Å². The summed E-state index contributed by atoms with van der Waals surface area (Å²) < 4.78 is 1.41. The maximum atomic E-state index is 12.0. The molecule has 1 heterocycles. The van der Waals surface area contributed by atoms with Crippen LogP contribution in [0.1, 0.15) is 23.7 Å². The van der Waals surface area contributed by atoms with Gasteiger partial charge in [0, 0.05) is 5.69 Å². The quantitative estimate of drug-likeness (QED) is 0.860. The number of hydrogen-bond acceptors (Lipinski definition) is 4. The van der Waals surface area contributed by atoms with Gasteiger partial charge in [0.05, 0.1) is 12.8 Å². The number of para-hydroxylation sites is 1. The Morgan fingerprint density at radius 1 is 1.45 bits per heavy atom. The molecule has 1 amide bonds. The topological polar surface area (TPSA) is 80.0 Å². The highest BCUT2D eigenvalue weighted by Gasteiger charge is 2.10. The third-order valence-corrected chi connectivity index (χ3v) is 3.06.